The molecule has 1 saturated carbocycles. The molecule has 0 amide bonds. The van der Waals surface area contributed by atoms with Gasteiger partial charge in [0.1, 0.15) is 0 Å². The lowest BCUT2D eigenvalue weighted by Crippen LogP contribution is -2.64. The first-order chi connectivity index (χ1) is 8.03. The van der Waals surface area contributed by atoms with Gasteiger partial charge in [-0.15, -0.1) is 0 Å². The van der Waals surface area contributed by atoms with Crippen molar-refractivity contribution in [2.45, 2.75) is 65.0 Å². The first-order valence-electron chi connectivity index (χ1n) is 7.51. The SMILES string of the molecule is CCC(C)C1CN(CC2CCC2)C(C)(C)CN1. The third-order valence-corrected chi connectivity index (χ3v) is 5.10. The van der Waals surface area contributed by atoms with E-state index in [0.29, 0.717) is 11.6 Å². The lowest BCUT2D eigenvalue weighted by atomic mass is 9.82. The van der Waals surface area contributed by atoms with E-state index in [0.717, 1.165) is 18.4 Å². The molecule has 0 aromatic rings. The molecule has 1 N–H and O–H groups in total. The van der Waals surface area contributed by atoms with Crippen LogP contribution in [0.1, 0.15) is 53.4 Å². The molecule has 0 radical (unpaired) electrons. The molecule has 17 heavy (non-hydrogen) atoms. The van der Waals surface area contributed by atoms with Gasteiger partial charge in [0.15, 0.2) is 0 Å². The van der Waals surface area contributed by atoms with Crippen molar-refractivity contribution >= 4 is 0 Å². The highest BCUT2D eigenvalue weighted by Gasteiger charge is 2.37. The normalized spacial score (nSPS) is 32.1. The zero-order valence-corrected chi connectivity index (χ0v) is 12.1. The molecule has 1 aliphatic heterocycles. The molecule has 2 aliphatic rings. The van der Waals surface area contributed by atoms with Crippen molar-refractivity contribution in [1.29, 1.82) is 0 Å². The second kappa shape index (κ2) is 5.27. The monoisotopic (exact) mass is 238 g/mol. The molecule has 2 unspecified atom stereocenters. The summed E-state index contributed by atoms with van der Waals surface area (Å²) >= 11 is 0. The fraction of sp³-hybridized carbons (Fsp3) is 1.00. The van der Waals surface area contributed by atoms with Gasteiger partial charge in [-0.25, -0.2) is 0 Å². The van der Waals surface area contributed by atoms with E-state index < -0.39 is 0 Å². The van der Waals surface area contributed by atoms with Crippen LogP contribution in [0.25, 0.3) is 0 Å². The molecular formula is C15H30N2. The third kappa shape index (κ3) is 3.03. The van der Waals surface area contributed by atoms with Gasteiger partial charge in [0.25, 0.3) is 0 Å². The molecule has 0 spiro atoms. The first kappa shape index (κ1) is 13.4. The van der Waals surface area contributed by atoms with Gasteiger partial charge in [0.05, 0.1) is 0 Å². The second-order valence-corrected chi connectivity index (χ2v) is 6.89. The van der Waals surface area contributed by atoms with E-state index in [4.69, 9.17) is 0 Å². The van der Waals surface area contributed by atoms with E-state index in [9.17, 15) is 0 Å². The van der Waals surface area contributed by atoms with E-state index in [-0.39, 0.29) is 0 Å². The van der Waals surface area contributed by atoms with Crippen LogP contribution in [0.2, 0.25) is 0 Å². The standard InChI is InChI=1S/C15H30N2/c1-5-12(2)14-10-17(9-13-7-6-8-13)15(3,4)11-16-14/h12-14,16H,5-11H2,1-4H3. The van der Waals surface area contributed by atoms with Gasteiger partial charge in [-0.3, -0.25) is 4.90 Å². The number of nitrogens with one attached hydrogen (secondary N) is 1. The van der Waals surface area contributed by atoms with Gasteiger partial charge >= 0.3 is 0 Å². The van der Waals surface area contributed by atoms with Crippen LogP contribution in [-0.4, -0.2) is 36.1 Å². The largest absolute Gasteiger partial charge is 0.311 e. The Balaban J connectivity index is 1.93. The first-order valence-corrected chi connectivity index (χ1v) is 7.51. The van der Waals surface area contributed by atoms with Crippen molar-refractivity contribution in [3.63, 3.8) is 0 Å². The topological polar surface area (TPSA) is 15.3 Å². The van der Waals surface area contributed by atoms with E-state index in [1.807, 2.05) is 0 Å². The molecule has 0 bridgehead atoms. The van der Waals surface area contributed by atoms with E-state index in [1.54, 1.807) is 0 Å². The Kier molecular flexibility index (Phi) is 4.14. The van der Waals surface area contributed by atoms with Crippen LogP contribution in [0.4, 0.5) is 0 Å². The predicted octanol–water partition coefficient (Wildman–Crippen LogP) is 2.89. The predicted molar refractivity (Wildman–Crippen MR) is 74.2 cm³/mol. The lowest BCUT2D eigenvalue weighted by molar-refractivity contribution is 0.0262. The van der Waals surface area contributed by atoms with Gasteiger partial charge < -0.3 is 5.32 Å². The van der Waals surface area contributed by atoms with E-state index in [2.05, 4.69) is 37.9 Å². The number of hydrogen-bond acceptors (Lipinski definition) is 2. The summed E-state index contributed by atoms with van der Waals surface area (Å²) in [5.74, 6) is 1.79. The Hall–Kier alpha value is -0.0800. The fourth-order valence-electron chi connectivity index (χ4n) is 3.02. The average molecular weight is 238 g/mol. The summed E-state index contributed by atoms with van der Waals surface area (Å²) < 4.78 is 0. The van der Waals surface area contributed by atoms with Crippen LogP contribution in [-0.2, 0) is 0 Å². The Bertz CT molecular complexity index is 245. The Morgan fingerprint density at radius 3 is 2.59 bits per heavy atom. The van der Waals surface area contributed by atoms with Crippen LogP contribution >= 0.6 is 0 Å². The van der Waals surface area contributed by atoms with Crippen molar-refractivity contribution in [1.82, 2.24) is 10.2 Å². The number of nitrogens with zero attached hydrogens (tertiary/aromatic N) is 1. The number of hydrogen-bond donors (Lipinski definition) is 1. The highest BCUT2D eigenvalue weighted by Crippen LogP contribution is 2.31. The van der Waals surface area contributed by atoms with Gasteiger partial charge in [-0.1, -0.05) is 26.7 Å². The quantitative estimate of drug-likeness (QED) is 0.810. The maximum atomic E-state index is 3.76. The van der Waals surface area contributed by atoms with Crippen molar-refractivity contribution in [2.75, 3.05) is 19.6 Å². The molecule has 1 saturated heterocycles. The summed E-state index contributed by atoms with van der Waals surface area (Å²) in [6.07, 6.45) is 5.68. The number of piperazine rings is 1. The molecule has 1 heterocycles. The Morgan fingerprint density at radius 2 is 2.06 bits per heavy atom. The minimum Gasteiger partial charge on any atom is -0.311 e. The average Bonchev–Trinajstić information content (AvgIpc) is 2.23. The van der Waals surface area contributed by atoms with Gasteiger partial charge in [0, 0.05) is 31.2 Å². The summed E-state index contributed by atoms with van der Waals surface area (Å²) in [6.45, 7) is 13.2. The highest BCUT2D eigenvalue weighted by atomic mass is 15.3. The molecule has 2 rings (SSSR count). The summed E-state index contributed by atoms with van der Waals surface area (Å²) in [5, 5.41) is 3.76. The summed E-state index contributed by atoms with van der Waals surface area (Å²) in [6, 6.07) is 0.702. The van der Waals surface area contributed by atoms with Crippen molar-refractivity contribution < 1.29 is 0 Å². The summed E-state index contributed by atoms with van der Waals surface area (Å²) in [5.41, 5.74) is 0.347. The van der Waals surface area contributed by atoms with Crippen molar-refractivity contribution in [2.24, 2.45) is 11.8 Å². The second-order valence-electron chi connectivity index (χ2n) is 6.89. The van der Waals surface area contributed by atoms with Crippen molar-refractivity contribution in [3.05, 3.63) is 0 Å². The highest BCUT2D eigenvalue weighted by molar-refractivity contribution is 4.95. The van der Waals surface area contributed by atoms with E-state index >= 15 is 0 Å². The van der Waals surface area contributed by atoms with Crippen LogP contribution in [0.5, 0.6) is 0 Å². The minimum atomic E-state index is 0.347. The molecule has 0 aromatic heterocycles. The Morgan fingerprint density at radius 1 is 1.35 bits per heavy atom. The van der Waals surface area contributed by atoms with Gasteiger partial charge in [-0.2, -0.15) is 0 Å². The molecule has 2 atom stereocenters. The number of rotatable bonds is 4. The zero-order valence-electron chi connectivity index (χ0n) is 12.1. The maximum Gasteiger partial charge on any atom is 0.0278 e. The smallest absolute Gasteiger partial charge is 0.0278 e. The minimum absolute atomic E-state index is 0.347. The lowest BCUT2D eigenvalue weighted by Gasteiger charge is -2.49. The molecule has 2 nitrogen and oxygen atoms in total. The zero-order chi connectivity index (χ0) is 12.5. The maximum absolute atomic E-state index is 3.76. The van der Waals surface area contributed by atoms with Gasteiger partial charge in [0.2, 0.25) is 0 Å². The molecule has 2 fully saturated rings. The molecule has 0 aromatic carbocycles. The summed E-state index contributed by atoms with van der Waals surface area (Å²) in [4.78, 5) is 2.75. The van der Waals surface area contributed by atoms with E-state index in [1.165, 1.54) is 38.8 Å². The van der Waals surface area contributed by atoms with Crippen LogP contribution < -0.4 is 5.32 Å². The Labute approximate surface area is 107 Å². The van der Waals surface area contributed by atoms with Crippen LogP contribution in [0, 0.1) is 11.8 Å². The fourth-order valence-corrected chi connectivity index (χ4v) is 3.02. The van der Waals surface area contributed by atoms with Crippen LogP contribution in [0.3, 0.4) is 0 Å². The summed E-state index contributed by atoms with van der Waals surface area (Å²) in [7, 11) is 0. The molecule has 1 aliphatic carbocycles. The molecular weight excluding hydrogens is 208 g/mol. The third-order valence-electron chi connectivity index (χ3n) is 5.10. The van der Waals surface area contributed by atoms with Gasteiger partial charge in [-0.05, 0) is 38.5 Å². The molecule has 2 heteroatoms. The van der Waals surface area contributed by atoms with Crippen molar-refractivity contribution in [3.8, 4) is 0 Å². The molecule has 100 valence electrons. The van der Waals surface area contributed by atoms with Crippen LogP contribution in [0.15, 0.2) is 0 Å².